The average Bonchev–Trinajstić information content (AvgIpc) is 2.77. The molecule has 0 unspecified atom stereocenters. The molecular formula is C21H24BrN3O5S. The number of methoxy groups -OCH3 is 1. The summed E-state index contributed by atoms with van der Waals surface area (Å²) in [4.78, 5) is 24.3. The van der Waals surface area contributed by atoms with Gasteiger partial charge in [-0.1, -0.05) is 25.5 Å². The Labute approximate surface area is 194 Å². The number of hydrazine groups is 1. The topological polar surface area (TPSA) is 97.9 Å². The maximum atomic E-state index is 12.4. The normalized spacial score (nSPS) is 10.0. The first-order valence-electron chi connectivity index (χ1n) is 9.53. The Kier molecular flexibility index (Phi) is 10.0. The highest BCUT2D eigenvalue weighted by Crippen LogP contribution is 2.26. The predicted molar refractivity (Wildman–Crippen MR) is 124 cm³/mol. The fourth-order valence-electron chi connectivity index (χ4n) is 2.34. The van der Waals surface area contributed by atoms with Crippen molar-refractivity contribution in [2.24, 2.45) is 0 Å². The number of thiocarbonyl (C=S) groups is 1. The lowest BCUT2D eigenvalue weighted by Gasteiger charge is -2.13. The Morgan fingerprint density at radius 2 is 1.77 bits per heavy atom. The number of hydrogen-bond donors (Lipinski definition) is 3. The molecule has 8 nitrogen and oxygen atoms in total. The minimum absolute atomic E-state index is 0.0602. The third-order valence-electron chi connectivity index (χ3n) is 3.92. The van der Waals surface area contributed by atoms with Crippen molar-refractivity contribution in [3.8, 4) is 17.2 Å². The quantitative estimate of drug-likeness (QED) is 0.271. The number of rotatable bonds is 9. The maximum Gasteiger partial charge on any atom is 0.276 e. The second-order valence-corrected chi connectivity index (χ2v) is 7.51. The molecule has 0 aliphatic heterocycles. The van der Waals surface area contributed by atoms with E-state index in [-0.39, 0.29) is 11.7 Å². The van der Waals surface area contributed by atoms with Gasteiger partial charge < -0.3 is 14.2 Å². The minimum atomic E-state index is -0.487. The molecule has 2 rings (SSSR count). The van der Waals surface area contributed by atoms with E-state index in [1.54, 1.807) is 42.5 Å². The van der Waals surface area contributed by atoms with E-state index >= 15 is 0 Å². The van der Waals surface area contributed by atoms with E-state index in [1.807, 2.05) is 0 Å². The molecule has 31 heavy (non-hydrogen) atoms. The van der Waals surface area contributed by atoms with Crippen molar-refractivity contribution in [3.63, 3.8) is 0 Å². The third kappa shape index (κ3) is 8.06. The predicted octanol–water partition coefficient (Wildman–Crippen LogP) is 3.35. The van der Waals surface area contributed by atoms with Gasteiger partial charge in [0.05, 0.1) is 18.2 Å². The molecule has 0 saturated heterocycles. The molecule has 0 saturated carbocycles. The first kappa shape index (κ1) is 24.4. The second-order valence-electron chi connectivity index (χ2n) is 6.24. The lowest BCUT2D eigenvalue weighted by Crippen LogP contribution is -2.49. The summed E-state index contributed by atoms with van der Waals surface area (Å²) in [5.41, 5.74) is 5.20. The molecule has 2 aromatic rings. The van der Waals surface area contributed by atoms with Gasteiger partial charge in [-0.3, -0.25) is 25.8 Å². The van der Waals surface area contributed by atoms with E-state index in [4.69, 9.17) is 26.4 Å². The Morgan fingerprint density at radius 3 is 2.45 bits per heavy atom. The van der Waals surface area contributed by atoms with E-state index in [2.05, 4.69) is 39.0 Å². The molecule has 0 spiro atoms. The Balaban J connectivity index is 1.78. The summed E-state index contributed by atoms with van der Waals surface area (Å²) in [6.45, 7) is 2.42. The van der Waals surface area contributed by atoms with Crippen LogP contribution >= 0.6 is 28.1 Å². The molecule has 2 aromatic carbocycles. The number of benzene rings is 2. The van der Waals surface area contributed by atoms with Gasteiger partial charge in [0.15, 0.2) is 23.2 Å². The van der Waals surface area contributed by atoms with Gasteiger partial charge in [-0.05, 0) is 64.9 Å². The van der Waals surface area contributed by atoms with Crippen molar-refractivity contribution in [3.05, 3.63) is 52.5 Å². The number of nitrogens with one attached hydrogen (secondary N) is 3. The molecule has 3 N–H and O–H groups in total. The van der Waals surface area contributed by atoms with E-state index in [0.717, 1.165) is 12.8 Å². The standard InChI is InChI=1S/C21H24BrN3O5S/c1-3-4-11-29-16-10-9-14(12-15(16)22)20(27)23-21(31)25-24-19(26)13-30-18-8-6-5-7-17(18)28-2/h5-10,12H,3-4,11,13H2,1-2H3,(H,24,26)(H2,23,25,27,31). The van der Waals surface area contributed by atoms with Crippen LogP contribution in [0.4, 0.5) is 0 Å². The Bertz CT molecular complexity index is 926. The van der Waals surface area contributed by atoms with Crippen LogP contribution in [0.25, 0.3) is 0 Å². The molecule has 0 atom stereocenters. The van der Waals surface area contributed by atoms with Crippen LogP contribution in [0, 0.1) is 0 Å². The van der Waals surface area contributed by atoms with Crippen LogP contribution in [0.5, 0.6) is 17.2 Å². The Morgan fingerprint density at radius 1 is 1.03 bits per heavy atom. The smallest absolute Gasteiger partial charge is 0.276 e. The summed E-state index contributed by atoms with van der Waals surface area (Å²) in [6.07, 6.45) is 1.98. The number of para-hydroxylation sites is 2. The lowest BCUT2D eigenvalue weighted by molar-refractivity contribution is -0.123. The summed E-state index contributed by atoms with van der Waals surface area (Å²) in [7, 11) is 1.51. The zero-order valence-electron chi connectivity index (χ0n) is 17.2. The van der Waals surface area contributed by atoms with Crippen LogP contribution in [-0.4, -0.2) is 37.3 Å². The first-order chi connectivity index (χ1) is 14.9. The van der Waals surface area contributed by atoms with Crippen molar-refractivity contribution < 1.29 is 23.8 Å². The van der Waals surface area contributed by atoms with Gasteiger partial charge in [0.1, 0.15) is 5.75 Å². The van der Waals surface area contributed by atoms with Crippen LogP contribution < -0.4 is 30.4 Å². The van der Waals surface area contributed by atoms with E-state index in [0.29, 0.717) is 33.9 Å². The van der Waals surface area contributed by atoms with Crippen molar-refractivity contribution in [1.82, 2.24) is 16.2 Å². The number of carbonyl (C=O) groups is 2. The third-order valence-corrected chi connectivity index (χ3v) is 4.74. The van der Waals surface area contributed by atoms with Gasteiger partial charge in [-0.2, -0.15) is 0 Å². The highest BCUT2D eigenvalue weighted by Gasteiger charge is 2.12. The highest BCUT2D eigenvalue weighted by atomic mass is 79.9. The molecule has 0 bridgehead atoms. The number of hydrogen-bond acceptors (Lipinski definition) is 6. The van der Waals surface area contributed by atoms with E-state index in [1.165, 1.54) is 7.11 Å². The largest absolute Gasteiger partial charge is 0.493 e. The molecule has 0 aliphatic carbocycles. The number of carbonyl (C=O) groups excluding carboxylic acids is 2. The van der Waals surface area contributed by atoms with Crippen LogP contribution in [-0.2, 0) is 4.79 Å². The van der Waals surface area contributed by atoms with Gasteiger partial charge in [-0.25, -0.2) is 0 Å². The molecule has 0 aromatic heterocycles. The summed E-state index contributed by atoms with van der Waals surface area (Å²) in [5.74, 6) is 0.687. The van der Waals surface area contributed by atoms with Crippen LogP contribution in [0.15, 0.2) is 46.9 Å². The van der Waals surface area contributed by atoms with Crippen molar-refractivity contribution >= 4 is 45.1 Å². The number of amides is 2. The molecule has 0 radical (unpaired) electrons. The number of ether oxygens (including phenoxy) is 3. The van der Waals surface area contributed by atoms with Crippen LogP contribution in [0.3, 0.4) is 0 Å². The van der Waals surface area contributed by atoms with Gasteiger partial charge in [0.25, 0.3) is 11.8 Å². The van der Waals surface area contributed by atoms with Gasteiger partial charge >= 0.3 is 0 Å². The van der Waals surface area contributed by atoms with E-state index < -0.39 is 11.8 Å². The van der Waals surface area contributed by atoms with Gasteiger partial charge in [-0.15, -0.1) is 0 Å². The highest BCUT2D eigenvalue weighted by molar-refractivity contribution is 9.10. The molecule has 166 valence electrons. The number of halogens is 1. The monoisotopic (exact) mass is 509 g/mol. The fraction of sp³-hybridized carbons (Fsp3) is 0.286. The van der Waals surface area contributed by atoms with Crippen molar-refractivity contribution in [2.45, 2.75) is 19.8 Å². The molecule has 0 heterocycles. The molecule has 2 amide bonds. The fourth-order valence-corrected chi connectivity index (χ4v) is 2.97. The van der Waals surface area contributed by atoms with E-state index in [9.17, 15) is 9.59 Å². The lowest BCUT2D eigenvalue weighted by atomic mass is 10.2. The molecule has 0 aliphatic rings. The maximum absolute atomic E-state index is 12.4. The van der Waals surface area contributed by atoms with Crippen molar-refractivity contribution in [1.29, 1.82) is 0 Å². The first-order valence-corrected chi connectivity index (χ1v) is 10.7. The summed E-state index contributed by atoms with van der Waals surface area (Å²) >= 11 is 8.44. The minimum Gasteiger partial charge on any atom is -0.493 e. The van der Waals surface area contributed by atoms with Crippen LogP contribution in [0.2, 0.25) is 0 Å². The van der Waals surface area contributed by atoms with Gasteiger partial charge in [0, 0.05) is 5.56 Å². The summed E-state index contributed by atoms with van der Waals surface area (Å²) < 4.78 is 16.9. The summed E-state index contributed by atoms with van der Waals surface area (Å²) in [6, 6.07) is 11.9. The molecular weight excluding hydrogens is 486 g/mol. The van der Waals surface area contributed by atoms with Crippen molar-refractivity contribution in [2.75, 3.05) is 20.3 Å². The SMILES string of the molecule is CCCCOc1ccc(C(=O)NC(=S)NNC(=O)COc2ccccc2OC)cc1Br. The second kappa shape index (κ2) is 12.8. The number of unbranched alkanes of at least 4 members (excludes halogenated alkanes) is 1. The zero-order chi connectivity index (χ0) is 22.6. The molecule has 0 fully saturated rings. The zero-order valence-corrected chi connectivity index (χ0v) is 19.6. The molecule has 10 heteroatoms. The Hall–Kier alpha value is -2.85. The van der Waals surface area contributed by atoms with Gasteiger partial charge in [0.2, 0.25) is 0 Å². The summed E-state index contributed by atoms with van der Waals surface area (Å²) in [5, 5.41) is 2.43. The van der Waals surface area contributed by atoms with Crippen LogP contribution in [0.1, 0.15) is 30.1 Å². The average molecular weight is 510 g/mol.